The summed E-state index contributed by atoms with van der Waals surface area (Å²) in [6, 6.07) is 10.3. The molecule has 0 unspecified atom stereocenters. The monoisotopic (exact) mass is 547 g/mol. The molecule has 2 rings (SSSR count). The molecule has 0 aromatic heterocycles. The molecular weight excluding hydrogens is 521 g/mol. The van der Waals surface area contributed by atoms with E-state index < -0.39 is 34.1 Å². The van der Waals surface area contributed by atoms with E-state index in [1.54, 1.807) is 31.2 Å². The smallest absolute Gasteiger partial charge is 0.244 e. The van der Waals surface area contributed by atoms with Crippen molar-refractivity contribution in [2.24, 2.45) is 0 Å². The lowest BCUT2D eigenvalue weighted by molar-refractivity contribution is -0.140. The van der Waals surface area contributed by atoms with Gasteiger partial charge in [0.2, 0.25) is 21.8 Å². The maximum Gasteiger partial charge on any atom is 0.244 e. The summed E-state index contributed by atoms with van der Waals surface area (Å²) in [6.45, 7) is 6.60. The zero-order valence-corrected chi connectivity index (χ0v) is 22.7. The van der Waals surface area contributed by atoms with Gasteiger partial charge in [-0.15, -0.1) is 0 Å². The van der Waals surface area contributed by atoms with Gasteiger partial charge in [-0.2, -0.15) is 0 Å². The van der Waals surface area contributed by atoms with Crippen molar-refractivity contribution in [3.05, 3.63) is 63.1 Å². The van der Waals surface area contributed by atoms with Crippen LogP contribution in [0.15, 0.2) is 42.5 Å². The number of hydrogen-bond acceptors (Lipinski definition) is 4. The zero-order chi connectivity index (χ0) is 25.8. The molecule has 0 aliphatic rings. The number of carbonyl (C=O) groups excluding carboxylic acids is 2. The molecule has 0 spiro atoms. The molecule has 2 aromatic carbocycles. The molecule has 2 amide bonds. The van der Waals surface area contributed by atoms with E-state index in [1.807, 2.05) is 20.8 Å². The minimum absolute atomic E-state index is 0.0527. The molecular formula is C23H28Cl3N3O4S. The van der Waals surface area contributed by atoms with Gasteiger partial charge in [-0.3, -0.25) is 13.9 Å². The number of benzene rings is 2. The molecule has 1 atom stereocenters. The summed E-state index contributed by atoms with van der Waals surface area (Å²) in [7, 11) is -3.87. The molecule has 0 saturated heterocycles. The van der Waals surface area contributed by atoms with Gasteiger partial charge in [0.1, 0.15) is 12.6 Å². The standard InChI is InChI=1S/C23H28Cl3N3O4S/c1-15(22(31)27-23(2,3)4)28(13-16-7-6-8-17(24)11-16)21(30)14-29(34(5,32)33)18-9-10-19(25)20(26)12-18/h6-12,15H,13-14H2,1-5H3,(H,27,31)/t15-/m1/s1. The van der Waals surface area contributed by atoms with Gasteiger partial charge in [0, 0.05) is 17.1 Å². The first-order valence-corrected chi connectivity index (χ1v) is 13.4. The van der Waals surface area contributed by atoms with E-state index in [4.69, 9.17) is 34.8 Å². The maximum absolute atomic E-state index is 13.5. The van der Waals surface area contributed by atoms with Crippen LogP contribution < -0.4 is 9.62 Å². The van der Waals surface area contributed by atoms with E-state index in [2.05, 4.69) is 5.32 Å². The molecule has 0 heterocycles. The molecule has 0 aliphatic heterocycles. The van der Waals surface area contributed by atoms with Crippen LogP contribution in [0, 0.1) is 0 Å². The summed E-state index contributed by atoms with van der Waals surface area (Å²) in [5, 5.41) is 3.73. The van der Waals surface area contributed by atoms with Crippen LogP contribution in [0.25, 0.3) is 0 Å². The van der Waals surface area contributed by atoms with Crippen LogP contribution in [-0.4, -0.2) is 49.5 Å². The van der Waals surface area contributed by atoms with E-state index in [1.165, 1.54) is 23.1 Å². The normalized spacial score (nSPS) is 12.7. The minimum atomic E-state index is -3.87. The summed E-state index contributed by atoms with van der Waals surface area (Å²) in [4.78, 5) is 27.7. The lowest BCUT2D eigenvalue weighted by Gasteiger charge is -2.33. The Morgan fingerprint density at radius 3 is 2.21 bits per heavy atom. The van der Waals surface area contributed by atoms with Crippen molar-refractivity contribution in [1.29, 1.82) is 0 Å². The molecule has 1 N–H and O–H groups in total. The zero-order valence-electron chi connectivity index (χ0n) is 19.6. The predicted molar refractivity (Wildman–Crippen MR) is 138 cm³/mol. The maximum atomic E-state index is 13.5. The SMILES string of the molecule is C[C@H](C(=O)NC(C)(C)C)N(Cc1cccc(Cl)c1)C(=O)CN(c1ccc(Cl)c(Cl)c1)S(C)(=O)=O. The molecule has 0 bridgehead atoms. The fourth-order valence-electron chi connectivity index (χ4n) is 3.14. The number of nitrogens with zero attached hydrogens (tertiary/aromatic N) is 2. The van der Waals surface area contributed by atoms with Gasteiger partial charge < -0.3 is 10.2 Å². The van der Waals surface area contributed by atoms with E-state index in [0.29, 0.717) is 10.6 Å². The third-order valence-corrected chi connectivity index (χ3v) is 6.89. The highest BCUT2D eigenvalue weighted by molar-refractivity contribution is 7.92. The average molecular weight is 549 g/mol. The number of carbonyl (C=O) groups is 2. The average Bonchev–Trinajstić information content (AvgIpc) is 2.69. The number of rotatable bonds is 8. The lowest BCUT2D eigenvalue weighted by Crippen LogP contribution is -2.54. The van der Waals surface area contributed by atoms with Crippen LogP contribution >= 0.6 is 34.8 Å². The third-order valence-electron chi connectivity index (χ3n) is 4.78. The van der Waals surface area contributed by atoms with Gasteiger partial charge in [0.25, 0.3) is 0 Å². The van der Waals surface area contributed by atoms with Crippen LogP contribution in [0.5, 0.6) is 0 Å². The molecule has 34 heavy (non-hydrogen) atoms. The first kappa shape index (κ1) is 28.2. The Labute approximate surface area is 216 Å². The van der Waals surface area contributed by atoms with Gasteiger partial charge in [-0.1, -0.05) is 46.9 Å². The first-order valence-electron chi connectivity index (χ1n) is 10.4. The molecule has 186 valence electrons. The van der Waals surface area contributed by atoms with Crippen molar-refractivity contribution < 1.29 is 18.0 Å². The van der Waals surface area contributed by atoms with E-state index in [0.717, 1.165) is 10.6 Å². The number of nitrogens with one attached hydrogen (secondary N) is 1. The van der Waals surface area contributed by atoms with E-state index >= 15 is 0 Å². The third kappa shape index (κ3) is 8.05. The quantitative estimate of drug-likeness (QED) is 0.516. The predicted octanol–water partition coefficient (Wildman–Crippen LogP) is 4.74. The van der Waals surface area contributed by atoms with Gasteiger partial charge in [0.05, 0.1) is 22.0 Å². The first-order chi connectivity index (χ1) is 15.6. The van der Waals surface area contributed by atoms with Gasteiger partial charge in [-0.25, -0.2) is 8.42 Å². The lowest BCUT2D eigenvalue weighted by atomic mass is 10.1. The van der Waals surface area contributed by atoms with Gasteiger partial charge in [-0.05, 0) is 63.6 Å². The van der Waals surface area contributed by atoms with Crippen LogP contribution in [0.2, 0.25) is 15.1 Å². The van der Waals surface area contributed by atoms with Crippen LogP contribution in [-0.2, 0) is 26.2 Å². The largest absolute Gasteiger partial charge is 0.350 e. The number of hydrogen-bond donors (Lipinski definition) is 1. The molecule has 0 radical (unpaired) electrons. The van der Waals surface area contributed by atoms with Crippen molar-refractivity contribution >= 4 is 62.3 Å². The second-order valence-corrected chi connectivity index (χ2v) is 12.1. The Bertz CT molecular complexity index is 1170. The fourth-order valence-corrected chi connectivity index (χ4v) is 4.49. The summed E-state index contributed by atoms with van der Waals surface area (Å²) in [6.07, 6.45) is 0.986. The summed E-state index contributed by atoms with van der Waals surface area (Å²) in [5.41, 5.74) is 0.353. The summed E-state index contributed by atoms with van der Waals surface area (Å²) >= 11 is 18.1. The van der Waals surface area contributed by atoms with Gasteiger partial charge in [0.15, 0.2) is 0 Å². The van der Waals surface area contributed by atoms with Crippen molar-refractivity contribution in [3.8, 4) is 0 Å². The van der Waals surface area contributed by atoms with E-state index in [-0.39, 0.29) is 28.2 Å². The van der Waals surface area contributed by atoms with Crippen LogP contribution in [0.4, 0.5) is 5.69 Å². The Balaban J connectivity index is 2.43. The topological polar surface area (TPSA) is 86.8 Å². The molecule has 0 fully saturated rings. The highest BCUT2D eigenvalue weighted by atomic mass is 35.5. The number of sulfonamides is 1. The van der Waals surface area contributed by atoms with Crippen molar-refractivity contribution in [1.82, 2.24) is 10.2 Å². The molecule has 0 aliphatic carbocycles. The Morgan fingerprint density at radius 2 is 1.68 bits per heavy atom. The Kier molecular flexibility index (Phi) is 9.27. The van der Waals surface area contributed by atoms with Crippen LogP contribution in [0.3, 0.4) is 0 Å². The summed E-state index contributed by atoms with van der Waals surface area (Å²) in [5.74, 6) is -0.948. The van der Waals surface area contributed by atoms with Crippen molar-refractivity contribution in [2.75, 3.05) is 17.1 Å². The second kappa shape index (κ2) is 11.2. The highest BCUT2D eigenvalue weighted by Crippen LogP contribution is 2.28. The molecule has 2 aromatic rings. The molecule has 11 heteroatoms. The molecule has 0 saturated carbocycles. The van der Waals surface area contributed by atoms with Crippen LogP contribution in [0.1, 0.15) is 33.3 Å². The second-order valence-electron chi connectivity index (χ2n) is 8.93. The number of amides is 2. The highest BCUT2D eigenvalue weighted by Gasteiger charge is 2.31. The fraction of sp³-hybridized carbons (Fsp3) is 0.391. The Hall–Kier alpha value is -2.00. The Morgan fingerprint density at radius 1 is 1.03 bits per heavy atom. The van der Waals surface area contributed by atoms with E-state index in [9.17, 15) is 18.0 Å². The number of anilines is 1. The van der Waals surface area contributed by atoms with Crippen molar-refractivity contribution in [3.63, 3.8) is 0 Å². The molecule has 7 nitrogen and oxygen atoms in total. The summed E-state index contributed by atoms with van der Waals surface area (Å²) < 4.78 is 26.1. The van der Waals surface area contributed by atoms with Crippen molar-refractivity contribution in [2.45, 2.75) is 45.8 Å². The number of halogens is 3. The minimum Gasteiger partial charge on any atom is -0.350 e. The van der Waals surface area contributed by atoms with Gasteiger partial charge >= 0.3 is 0 Å².